The molecule has 2 heteroatoms. The predicted molar refractivity (Wildman–Crippen MR) is 80.7 cm³/mol. The van der Waals surface area contributed by atoms with Crippen LogP contribution < -0.4 is 5.32 Å². The minimum Gasteiger partial charge on any atom is -0.378 e. The summed E-state index contributed by atoms with van der Waals surface area (Å²) in [6, 6.07) is 5.05. The molecule has 1 aromatic rings. The molecule has 0 saturated carbocycles. The van der Waals surface area contributed by atoms with Gasteiger partial charge in [0, 0.05) is 12.6 Å². The highest BCUT2D eigenvalue weighted by atomic mass is 16.5. The third-order valence-electron chi connectivity index (χ3n) is 4.38. The van der Waals surface area contributed by atoms with Crippen molar-refractivity contribution in [2.24, 2.45) is 0 Å². The lowest BCUT2D eigenvalue weighted by Gasteiger charge is -2.28. The Hall–Kier alpha value is -0.860. The van der Waals surface area contributed by atoms with Gasteiger partial charge in [-0.15, -0.1) is 0 Å². The molecule has 2 nitrogen and oxygen atoms in total. The summed E-state index contributed by atoms with van der Waals surface area (Å²) in [5, 5.41) is 3.47. The molecule has 0 amide bonds. The maximum absolute atomic E-state index is 5.89. The Bertz CT molecular complexity index is 422. The first kappa shape index (κ1) is 14.5. The largest absolute Gasteiger partial charge is 0.378 e. The zero-order chi connectivity index (χ0) is 13.8. The molecule has 19 heavy (non-hydrogen) atoms. The molecular weight excluding hydrogens is 234 g/mol. The van der Waals surface area contributed by atoms with Crippen molar-refractivity contribution in [2.45, 2.75) is 58.6 Å². The van der Waals surface area contributed by atoms with E-state index in [1.165, 1.54) is 41.5 Å². The molecule has 0 radical (unpaired) electrons. The van der Waals surface area contributed by atoms with E-state index < -0.39 is 0 Å². The van der Waals surface area contributed by atoms with E-state index in [-0.39, 0.29) is 0 Å². The molecule has 1 aliphatic rings. The molecule has 106 valence electrons. The first-order chi connectivity index (χ1) is 9.11. The van der Waals surface area contributed by atoms with Crippen LogP contribution in [0.25, 0.3) is 0 Å². The molecular formula is C17H27NO. The number of aryl methyl sites for hydroxylation is 3. The van der Waals surface area contributed by atoms with E-state index in [2.05, 4.69) is 45.3 Å². The van der Waals surface area contributed by atoms with Gasteiger partial charge in [-0.1, -0.05) is 12.1 Å². The Morgan fingerprint density at radius 3 is 2.53 bits per heavy atom. The molecule has 0 aromatic heterocycles. The average molecular weight is 261 g/mol. The fourth-order valence-electron chi connectivity index (χ4n) is 3.01. The lowest BCUT2D eigenvalue weighted by molar-refractivity contribution is 0.00545. The summed E-state index contributed by atoms with van der Waals surface area (Å²) < 4.78 is 5.89. The van der Waals surface area contributed by atoms with Crippen LogP contribution in [-0.4, -0.2) is 19.8 Å². The first-order valence-electron chi connectivity index (χ1n) is 7.48. The van der Waals surface area contributed by atoms with Crippen LogP contribution in [0.1, 0.15) is 54.0 Å². The topological polar surface area (TPSA) is 21.3 Å². The Kier molecular flexibility index (Phi) is 5.00. The van der Waals surface area contributed by atoms with Crippen molar-refractivity contribution in [1.82, 2.24) is 5.32 Å². The van der Waals surface area contributed by atoms with Crippen LogP contribution >= 0.6 is 0 Å². The van der Waals surface area contributed by atoms with E-state index >= 15 is 0 Å². The second kappa shape index (κ2) is 6.53. The van der Waals surface area contributed by atoms with Crippen molar-refractivity contribution >= 4 is 0 Å². The highest BCUT2D eigenvalue weighted by Gasteiger charge is 2.21. The molecule has 1 saturated heterocycles. The van der Waals surface area contributed by atoms with Gasteiger partial charge in [-0.3, -0.25) is 0 Å². The molecule has 1 aliphatic heterocycles. The standard InChI is InChI=1S/C17H27NO/c1-12-9-14(3)16(10-13(12)2)17(18-4)11-15-7-5-6-8-19-15/h9-10,15,17-18H,5-8,11H2,1-4H3. The molecule has 1 fully saturated rings. The van der Waals surface area contributed by atoms with Crippen LogP contribution in [0.15, 0.2) is 12.1 Å². The summed E-state index contributed by atoms with van der Waals surface area (Å²) in [4.78, 5) is 0. The molecule has 1 aromatic carbocycles. The van der Waals surface area contributed by atoms with Gasteiger partial charge in [-0.2, -0.15) is 0 Å². The highest BCUT2D eigenvalue weighted by Crippen LogP contribution is 2.28. The van der Waals surface area contributed by atoms with Gasteiger partial charge < -0.3 is 10.1 Å². The zero-order valence-electron chi connectivity index (χ0n) is 12.8. The first-order valence-corrected chi connectivity index (χ1v) is 7.48. The van der Waals surface area contributed by atoms with Crippen LogP contribution in [0.2, 0.25) is 0 Å². The maximum atomic E-state index is 5.89. The Morgan fingerprint density at radius 2 is 1.89 bits per heavy atom. The number of hydrogen-bond acceptors (Lipinski definition) is 2. The molecule has 0 aliphatic carbocycles. The van der Waals surface area contributed by atoms with Gasteiger partial charge in [0.2, 0.25) is 0 Å². The van der Waals surface area contributed by atoms with Crippen molar-refractivity contribution in [3.05, 3.63) is 34.4 Å². The number of nitrogens with one attached hydrogen (secondary N) is 1. The molecule has 0 spiro atoms. The van der Waals surface area contributed by atoms with Crippen molar-refractivity contribution in [2.75, 3.05) is 13.7 Å². The molecule has 2 atom stereocenters. The quantitative estimate of drug-likeness (QED) is 0.889. The average Bonchev–Trinajstić information content (AvgIpc) is 2.42. The monoisotopic (exact) mass is 261 g/mol. The van der Waals surface area contributed by atoms with Gasteiger partial charge >= 0.3 is 0 Å². The molecule has 1 N–H and O–H groups in total. The SMILES string of the molecule is CNC(CC1CCCCO1)c1cc(C)c(C)cc1C. The fraction of sp³-hybridized carbons (Fsp3) is 0.647. The summed E-state index contributed by atoms with van der Waals surface area (Å²) in [5.41, 5.74) is 5.58. The summed E-state index contributed by atoms with van der Waals surface area (Å²) >= 11 is 0. The second-order valence-electron chi connectivity index (χ2n) is 5.86. The van der Waals surface area contributed by atoms with E-state index in [1.54, 1.807) is 0 Å². The van der Waals surface area contributed by atoms with Crippen molar-refractivity contribution < 1.29 is 4.74 Å². The summed E-state index contributed by atoms with van der Waals surface area (Å²) in [6.45, 7) is 7.54. The van der Waals surface area contributed by atoms with Crippen molar-refractivity contribution in [3.8, 4) is 0 Å². The minimum atomic E-state index is 0.405. The summed E-state index contributed by atoms with van der Waals surface area (Å²) in [7, 11) is 2.06. The lowest BCUT2D eigenvalue weighted by atomic mass is 9.91. The van der Waals surface area contributed by atoms with Gasteiger partial charge in [0.1, 0.15) is 0 Å². The number of hydrogen-bond donors (Lipinski definition) is 1. The smallest absolute Gasteiger partial charge is 0.0593 e. The normalized spacial score (nSPS) is 21.4. The van der Waals surface area contributed by atoms with Gasteiger partial charge in [0.25, 0.3) is 0 Å². The fourth-order valence-corrected chi connectivity index (χ4v) is 3.01. The van der Waals surface area contributed by atoms with E-state index in [0.717, 1.165) is 13.0 Å². The highest BCUT2D eigenvalue weighted by molar-refractivity contribution is 5.38. The van der Waals surface area contributed by atoms with E-state index in [0.29, 0.717) is 12.1 Å². The summed E-state index contributed by atoms with van der Waals surface area (Å²) in [6.07, 6.45) is 5.25. The van der Waals surface area contributed by atoms with E-state index in [9.17, 15) is 0 Å². The van der Waals surface area contributed by atoms with Crippen molar-refractivity contribution in [3.63, 3.8) is 0 Å². The number of rotatable bonds is 4. The summed E-state index contributed by atoms with van der Waals surface area (Å²) in [5.74, 6) is 0. The van der Waals surface area contributed by atoms with Crippen molar-refractivity contribution in [1.29, 1.82) is 0 Å². The van der Waals surface area contributed by atoms with Gasteiger partial charge in [-0.05, 0) is 75.8 Å². The molecule has 2 unspecified atom stereocenters. The number of benzene rings is 1. The Balaban J connectivity index is 2.14. The van der Waals surface area contributed by atoms with Gasteiger partial charge in [-0.25, -0.2) is 0 Å². The maximum Gasteiger partial charge on any atom is 0.0593 e. The zero-order valence-corrected chi connectivity index (χ0v) is 12.8. The van der Waals surface area contributed by atoms with E-state index in [1.807, 2.05) is 0 Å². The number of ether oxygens (including phenoxy) is 1. The minimum absolute atomic E-state index is 0.405. The van der Waals surface area contributed by atoms with Crippen LogP contribution in [0, 0.1) is 20.8 Å². The molecule has 0 bridgehead atoms. The van der Waals surface area contributed by atoms with Crippen LogP contribution in [0.4, 0.5) is 0 Å². The third-order valence-corrected chi connectivity index (χ3v) is 4.38. The van der Waals surface area contributed by atoms with E-state index in [4.69, 9.17) is 4.74 Å². The van der Waals surface area contributed by atoms with Gasteiger partial charge in [0.05, 0.1) is 6.10 Å². The molecule has 2 rings (SSSR count). The predicted octanol–water partition coefficient (Wildman–Crippen LogP) is 3.83. The third kappa shape index (κ3) is 3.58. The van der Waals surface area contributed by atoms with Crippen LogP contribution in [0.5, 0.6) is 0 Å². The second-order valence-corrected chi connectivity index (χ2v) is 5.86. The van der Waals surface area contributed by atoms with Gasteiger partial charge in [0.15, 0.2) is 0 Å². The Labute approximate surface area is 117 Å². The van der Waals surface area contributed by atoms with Crippen LogP contribution in [0.3, 0.4) is 0 Å². The van der Waals surface area contributed by atoms with Crippen LogP contribution in [-0.2, 0) is 4.74 Å². The molecule has 1 heterocycles. The Morgan fingerprint density at radius 1 is 1.16 bits per heavy atom. The lowest BCUT2D eigenvalue weighted by Crippen LogP contribution is -2.27.